The van der Waals surface area contributed by atoms with Crippen molar-refractivity contribution in [3.63, 3.8) is 0 Å². The van der Waals surface area contributed by atoms with Crippen LogP contribution in [-0.4, -0.2) is 26.5 Å². The lowest BCUT2D eigenvalue weighted by Gasteiger charge is -2.15. The van der Waals surface area contributed by atoms with Gasteiger partial charge in [-0.1, -0.05) is 23.5 Å². The predicted octanol–water partition coefficient (Wildman–Crippen LogP) is 3.86. The summed E-state index contributed by atoms with van der Waals surface area (Å²) in [6.07, 6.45) is 1.25. The number of fused-ring (bicyclic) bond motifs is 1. The number of sulfonamides is 1. The molecule has 0 radical (unpaired) electrons. The molecule has 1 aliphatic carbocycles. The van der Waals surface area contributed by atoms with E-state index in [-0.39, 0.29) is 10.5 Å². The Morgan fingerprint density at radius 3 is 2.38 bits per heavy atom. The quantitative estimate of drug-likeness (QED) is 0.678. The highest BCUT2D eigenvalue weighted by Crippen LogP contribution is 2.49. The number of hydrogen-bond acceptors (Lipinski definition) is 5. The van der Waals surface area contributed by atoms with E-state index in [1.807, 2.05) is 0 Å². The molecule has 9 heteroatoms. The average Bonchev–Trinajstić information content (AvgIpc) is 3.09. The molecule has 0 spiro atoms. The molecule has 2 N–H and O–H groups in total. The number of thiazole rings is 1. The third-order valence-electron chi connectivity index (χ3n) is 5.50. The van der Waals surface area contributed by atoms with E-state index < -0.39 is 21.7 Å². The first kappa shape index (κ1) is 18.7. The van der Waals surface area contributed by atoms with Crippen molar-refractivity contribution in [3.05, 3.63) is 54.1 Å². The number of halogens is 2. The highest BCUT2D eigenvalue weighted by atomic mass is 32.2. The number of anilines is 1. The van der Waals surface area contributed by atoms with Crippen molar-refractivity contribution in [3.8, 4) is 21.7 Å². The lowest BCUT2D eigenvalue weighted by atomic mass is 10.1. The molecule has 2 unspecified atom stereocenters. The van der Waals surface area contributed by atoms with Gasteiger partial charge in [-0.25, -0.2) is 27.3 Å². The second-order valence-electron chi connectivity index (χ2n) is 7.53. The maximum Gasteiger partial charge on any atom is 0.238 e. The molecule has 150 valence electrons. The minimum absolute atomic E-state index is 0.000122. The monoisotopic (exact) mass is 433 g/mol. The van der Waals surface area contributed by atoms with Crippen LogP contribution in [-0.2, 0) is 10.0 Å². The number of rotatable bonds is 4. The van der Waals surface area contributed by atoms with Gasteiger partial charge in [-0.3, -0.25) is 0 Å². The van der Waals surface area contributed by atoms with E-state index in [1.54, 1.807) is 12.1 Å². The van der Waals surface area contributed by atoms with E-state index in [9.17, 15) is 17.2 Å². The van der Waals surface area contributed by atoms with E-state index in [0.717, 1.165) is 24.3 Å². The number of piperidine rings is 1. The third kappa shape index (κ3) is 3.43. The van der Waals surface area contributed by atoms with E-state index in [1.165, 1.54) is 42.0 Å². The van der Waals surface area contributed by atoms with Crippen molar-refractivity contribution < 1.29 is 17.2 Å². The summed E-state index contributed by atoms with van der Waals surface area (Å²) in [7, 11) is -3.81. The van der Waals surface area contributed by atoms with Crippen molar-refractivity contribution in [1.82, 2.24) is 4.98 Å². The number of nitrogens with two attached hydrogens (primary N) is 1. The van der Waals surface area contributed by atoms with Crippen molar-refractivity contribution in [1.29, 1.82) is 0 Å². The highest BCUT2D eigenvalue weighted by molar-refractivity contribution is 7.89. The van der Waals surface area contributed by atoms with Gasteiger partial charge in [0.05, 0.1) is 15.5 Å². The fourth-order valence-corrected chi connectivity index (χ4v) is 5.47. The molecule has 3 aromatic rings. The Balaban J connectivity index is 1.61. The van der Waals surface area contributed by atoms with Gasteiger partial charge in [0.15, 0.2) is 5.13 Å². The maximum atomic E-state index is 14.5. The third-order valence-corrected chi connectivity index (χ3v) is 7.59. The van der Waals surface area contributed by atoms with Crippen molar-refractivity contribution in [2.24, 2.45) is 17.0 Å². The van der Waals surface area contributed by atoms with Gasteiger partial charge in [-0.15, -0.1) is 0 Å². The number of hydrogen-bond donors (Lipinski definition) is 1. The molecule has 2 atom stereocenters. The van der Waals surface area contributed by atoms with E-state index >= 15 is 0 Å². The maximum absolute atomic E-state index is 14.5. The first-order valence-corrected chi connectivity index (χ1v) is 11.5. The van der Waals surface area contributed by atoms with E-state index in [2.05, 4.69) is 4.90 Å². The summed E-state index contributed by atoms with van der Waals surface area (Å²) >= 11 is 1.43. The van der Waals surface area contributed by atoms with Crippen molar-refractivity contribution >= 4 is 26.5 Å². The zero-order valence-electron chi connectivity index (χ0n) is 15.2. The zero-order valence-corrected chi connectivity index (χ0v) is 16.8. The Hall–Kier alpha value is -2.36. The lowest BCUT2D eigenvalue weighted by Crippen LogP contribution is -2.21. The van der Waals surface area contributed by atoms with Gasteiger partial charge < -0.3 is 4.90 Å². The van der Waals surface area contributed by atoms with Crippen LogP contribution in [0.25, 0.3) is 21.7 Å². The smallest absolute Gasteiger partial charge is 0.238 e. The normalized spacial score (nSPS) is 20.7. The molecule has 0 amide bonds. The van der Waals surface area contributed by atoms with Gasteiger partial charge in [0, 0.05) is 24.7 Å². The van der Waals surface area contributed by atoms with Crippen LogP contribution in [0.15, 0.2) is 47.4 Å². The first-order valence-electron chi connectivity index (χ1n) is 9.14. The summed E-state index contributed by atoms with van der Waals surface area (Å²) in [6.45, 7) is 1.88. The molecule has 1 aromatic heterocycles. The van der Waals surface area contributed by atoms with Crippen LogP contribution in [0, 0.1) is 23.5 Å². The van der Waals surface area contributed by atoms with Gasteiger partial charge in [0.2, 0.25) is 10.0 Å². The molecule has 1 saturated carbocycles. The lowest BCUT2D eigenvalue weighted by molar-refractivity contribution is 0.585. The van der Waals surface area contributed by atoms with Crippen LogP contribution in [0.1, 0.15) is 6.42 Å². The molecule has 2 aromatic carbocycles. The van der Waals surface area contributed by atoms with Gasteiger partial charge in [-0.05, 0) is 48.1 Å². The SMILES string of the molecule is NS(=O)(=O)c1ccc(-c2sc(N3CC4CC4C3)nc2-c2ccc(F)cc2F)cc1. The number of aromatic nitrogens is 1. The number of benzene rings is 2. The molecule has 2 aliphatic rings. The highest BCUT2D eigenvalue weighted by Gasteiger charge is 2.46. The number of primary sulfonamides is 1. The summed E-state index contributed by atoms with van der Waals surface area (Å²) in [4.78, 5) is 7.60. The second kappa shape index (κ2) is 6.58. The summed E-state index contributed by atoms with van der Waals surface area (Å²) in [5, 5.41) is 5.97. The Labute approximate surface area is 170 Å². The zero-order chi connectivity index (χ0) is 20.3. The molecule has 2 heterocycles. The van der Waals surface area contributed by atoms with Gasteiger partial charge >= 0.3 is 0 Å². The van der Waals surface area contributed by atoms with E-state index in [4.69, 9.17) is 10.1 Å². The topological polar surface area (TPSA) is 76.3 Å². The Morgan fingerprint density at radius 2 is 1.76 bits per heavy atom. The predicted molar refractivity (Wildman–Crippen MR) is 108 cm³/mol. The second-order valence-corrected chi connectivity index (χ2v) is 10.1. The van der Waals surface area contributed by atoms with E-state index in [0.29, 0.717) is 28.0 Å². The summed E-state index contributed by atoms with van der Waals surface area (Å²) in [5.41, 5.74) is 1.33. The summed E-state index contributed by atoms with van der Waals surface area (Å²) in [5.74, 6) is 0.0821. The molecular formula is C20H17F2N3O2S2. The van der Waals surface area contributed by atoms with Crippen LogP contribution >= 0.6 is 11.3 Å². The summed E-state index contributed by atoms with van der Waals surface area (Å²) < 4.78 is 51.0. The molecule has 5 nitrogen and oxygen atoms in total. The molecule has 1 aliphatic heterocycles. The Kier molecular flexibility index (Phi) is 4.23. The average molecular weight is 434 g/mol. The fourth-order valence-electron chi connectivity index (χ4n) is 3.85. The Morgan fingerprint density at radius 1 is 1.07 bits per heavy atom. The van der Waals surface area contributed by atoms with Crippen LogP contribution < -0.4 is 10.0 Å². The summed E-state index contributed by atoms with van der Waals surface area (Å²) in [6, 6.07) is 9.52. The fraction of sp³-hybridized carbons (Fsp3) is 0.250. The van der Waals surface area contributed by atoms with Crippen LogP contribution in [0.4, 0.5) is 13.9 Å². The number of nitrogens with zero attached hydrogens (tertiary/aromatic N) is 2. The molecule has 29 heavy (non-hydrogen) atoms. The van der Waals surface area contributed by atoms with Gasteiger partial charge in [0.1, 0.15) is 11.6 Å². The Bertz CT molecular complexity index is 1200. The molecule has 5 rings (SSSR count). The van der Waals surface area contributed by atoms with Gasteiger partial charge in [-0.2, -0.15) is 0 Å². The van der Waals surface area contributed by atoms with Crippen molar-refractivity contribution in [2.75, 3.05) is 18.0 Å². The molecule has 1 saturated heterocycles. The van der Waals surface area contributed by atoms with Crippen LogP contribution in [0.2, 0.25) is 0 Å². The van der Waals surface area contributed by atoms with Crippen molar-refractivity contribution in [2.45, 2.75) is 11.3 Å². The molecule has 0 bridgehead atoms. The van der Waals surface area contributed by atoms with Gasteiger partial charge in [0.25, 0.3) is 0 Å². The minimum Gasteiger partial charge on any atom is -0.347 e. The molecular weight excluding hydrogens is 416 g/mol. The van der Waals surface area contributed by atoms with Crippen LogP contribution in [0.5, 0.6) is 0 Å². The standard InChI is InChI=1S/C20H17F2N3O2S2/c21-14-3-6-16(17(22)8-14)18-19(11-1-4-15(5-2-11)29(23,26)27)28-20(24-18)25-9-12-7-13(12)10-25/h1-6,8,12-13H,7,9-10H2,(H2,23,26,27). The van der Waals surface area contributed by atoms with Crippen LogP contribution in [0.3, 0.4) is 0 Å². The minimum atomic E-state index is -3.81. The first-order chi connectivity index (χ1) is 13.8. The largest absolute Gasteiger partial charge is 0.347 e. The molecule has 2 fully saturated rings.